The first-order valence-electron chi connectivity index (χ1n) is 9.62. The van der Waals surface area contributed by atoms with Crippen LogP contribution >= 0.6 is 0 Å². The normalized spacial score (nSPS) is 25.7. The fourth-order valence-corrected chi connectivity index (χ4v) is 3.99. The molecule has 2 atom stereocenters. The molecule has 2 unspecified atom stereocenters. The number of nitrogens with zero attached hydrogens (tertiary/aromatic N) is 1. The second-order valence-corrected chi connectivity index (χ2v) is 7.62. The van der Waals surface area contributed by atoms with Crippen LogP contribution in [0.15, 0.2) is 24.3 Å². The molecule has 5 heteroatoms. The minimum absolute atomic E-state index is 0.0690. The summed E-state index contributed by atoms with van der Waals surface area (Å²) >= 11 is 0. The van der Waals surface area contributed by atoms with Crippen LogP contribution in [0.1, 0.15) is 49.7 Å². The van der Waals surface area contributed by atoms with Crippen molar-refractivity contribution in [2.75, 3.05) is 13.1 Å². The smallest absolute Gasteiger partial charge is 0.223 e. The highest BCUT2D eigenvalue weighted by Crippen LogP contribution is 2.23. The van der Waals surface area contributed by atoms with Crippen molar-refractivity contribution in [3.63, 3.8) is 0 Å². The second-order valence-electron chi connectivity index (χ2n) is 7.62. The van der Waals surface area contributed by atoms with Gasteiger partial charge in [0.05, 0.1) is 6.10 Å². The van der Waals surface area contributed by atoms with E-state index in [0.29, 0.717) is 6.54 Å². The van der Waals surface area contributed by atoms with Crippen molar-refractivity contribution in [1.82, 2.24) is 10.2 Å². The van der Waals surface area contributed by atoms with E-state index in [4.69, 9.17) is 5.73 Å². The van der Waals surface area contributed by atoms with Crippen LogP contribution in [0.5, 0.6) is 0 Å². The molecule has 5 nitrogen and oxygen atoms in total. The summed E-state index contributed by atoms with van der Waals surface area (Å²) in [6.07, 6.45) is 5.41. The van der Waals surface area contributed by atoms with Crippen LogP contribution in [0.25, 0.3) is 0 Å². The Morgan fingerprint density at radius 2 is 1.88 bits per heavy atom. The molecule has 2 aliphatic rings. The predicted octanol–water partition coefficient (Wildman–Crippen LogP) is 1.78. The van der Waals surface area contributed by atoms with Crippen LogP contribution in [0.3, 0.4) is 0 Å². The number of carbonyl (C=O) groups excluding carboxylic acids is 1. The zero-order chi connectivity index (χ0) is 17.6. The second kappa shape index (κ2) is 8.79. The van der Waals surface area contributed by atoms with E-state index >= 15 is 0 Å². The molecule has 25 heavy (non-hydrogen) atoms. The fraction of sp³-hybridized carbons (Fsp3) is 0.650. The maximum absolute atomic E-state index is 12.4. The van der Waals surface area contributed by atoms with E-state index < -0.39 is 0 Å². The monoisotopic (exact) mass is 345 g/mol. The molecule has 0 spiro atoms. The van der Waals surface area contributed by atoms with Crippen molar-refractivity contribution in [3.8, 4) is 0 Å². The van der Waals surface area contributed by atoms with Gasteiger partial charge in [-0.3, -0.25) is 9.69 Å². The van der Waals surface area contributed by atoms with Gasteiger partial charge in [-0.2, -0.15) is 0 Å². The zero-order valence-corrected chi connectivity index (χ0v) is 15.0. The minimum atomic E-state index is -0.146. The van der Waals surface area contributed by atoms with Gasteiger partial charge in [-0.25, -0.2) is 0 Å². The molecule has 1 aromatic rings. The molecule has 1 saturated heterocycles. The Morgan fingerprint density at radius 3 is 2.60 bits per heavy atom. The van der Waals surface area contributed by atoms with Crippen molar-refractivity contribution in [1.29, 1.82) is 0 Å². The molecule has 3 rings (SSSR count). The van der Waals surface area contributed by atoms with E-state index in [0.717, 1.165) is 58.2 Å². The lowest BCUT2D eigenvalue weighted by Gasteiger charge is -2.30. The van der Waals surface area contributed by atoms with Crippen LogP contribution in [0.2, 0.25) is 0 Å². The lowest BCUT2D eigenvalue weighted by Crippen LogP contribution is -2.38. The van der Waals surface area contributed by atoms with Crippen LogP contribution in [0, 0.1) is 5.92 Å². The maximum atomic E-state index is 12.4. The van der Waals surface area contributed by atoms with Crippen molar-refractivity contribution in [3.05, 3.63) is 35.4 Å². The molecule has 138 valence electrons. The van der Waals surface area contributed by atoms with Crippen LogP contribution in [-0.2, 0) is 17.9 Å². The maximum Gasteiger partial charge on any atom is 0.223 e. The van der Waals surface area contributed by atoms with Gasteiger partial charge < -0.3 is 16.2 Å². The summed E-state index contributed by atoms with van der Waals surface area (Å²) in [6, 6.07) is 8.50. The molecular formula is C20H31N3O2. The molecule has 1 aliphatic carbocycles. The Labute approximate surface area is 150 Å². The van der Waals surface area contributed by atoms with E-state index in [9.17, 15) is 9.90 Å². The topological polar surface area (TPSA) is 78.6 Å². The Morgan fingerprint density at radius 1 is 1.16 bits per heavy atom. The lowest BCUT2D eigenvalue weighted by atomic mass is 9.85. The fourth-order valence-electron chi connectivity index (χ4n) is 3.99. The number of aliphatic hydroxyl groups is 1. The van der Waals surface area contributed by atoms with E-state index in [-0.39, 0.29) is 24.0 Å². The SMILES string of the molecule is NC1CCCC(C(=O)NCc2ccccc2CN2CCC(O)CC2)C1. The van der Waals surface area contributed by atoms with Gasteiger partial charge in [-0.05, 0) is 43.2 Å². The third-order valence-corrected chi connectivity index (χ3v) is 5.61. The number of aliphatic hydroxyl groups excluding tert-OH is 1. The molecule has 0 bridgehead atoms. The van der Waals surface area contributed by atoms with Gasteiger partial charge in [0.25, 0.3) is 0 Å². The molecular weight excluding hydrogens is 314 g/mol. The quantitative estimate of drug-likeness (QED) is 0.760. The number of piperidine rings is 1. The molecule has 0 aromatic heterocycles. The molecule has 1 aliphatic heterocycles. The summed E-state index contributed by atoms with van der Waals surface area (Å²) in [5.74, 6) is 0.213. The molecule has 1 aromatic carbocycles. The lowest BCUT2D eigenvalue weighted by molar-refractivity contribution is -0.126. The summed E-state index contributed by atoms with van der Waals surface area (Å²) in [5, 5.41) is 12.8. The predicted molar refractivity (Wildman–Crippen MR) is 98.7 cm³/mol. The van der Waals surface area contributed by atoms with Crippen molar-refractivity contribution >= 4 is 5.91 Å². The number of likely N-dealkylation sites (tertiary alicyclic amines) is 1. The molecule has 0 radical (unpaired) electrons. The van der Waals surface area contributed by atoms with Crippen molar-refractivity contribution < 1.29 is 9.90 Å². The summed E-state index contributed by atoms with van der Waals surface area (Å²) in [5.41, 5.74) is 8.45. The van der Waals surface area contributed by atoms with E-state index in [2.05, 4.69) is 28.4 Å². The first-order chi connectivity index (χ1) is 12.1. The Kier molecular flexibility index (Phi) is 6.45. The highest BCUT2D eigenvalue weighted by Gasteiger charge is 2.25. The van der Waals surface area contributed by atoms with E-state index in [1.807, 2.05) is 6.07 Å². The number of hydrogen-bond acceptors (Lipinski definition) is 4. The number of carbonyl (C=O) groups is 1. The first-order valence-corrected chi connectivity index (χ1v) is 9.62. The van der Waals surface area contributed by atoms with Gasteiger partial charge in [0, 0.05) is 38.1 Å². The van der Waals surface area contributed by atoms with Crippen molar-refractivity contribution in [2.45, 2.75) is 63.8 Å². The Hall–Kier alpha value is -1.43. The number of benzene rings is 1. The molecule has 1 saturated carbocycles. The van der Waals surface area contributed by atoms with Crippen LogP contribution < -0.4 is 11.1 Å². The van der Waals surface area contributed by atoms with Crippen molar-refractivity contribution in [2.24, 2.45) is 11.7 Å². The van der Waals surface area contributed by atoms with Gasteiger partial charge in [-0.15, -0.1) is 0 Å². The summed E-state index contributed by atoms with van der Waals surface area (Å²) < 4.78 is 0. The highest BCUT2D eigenvalue weighted by atomic mass is 16.3. The van der Waals surface area contributed by atoms with Crippen LogP contribution in [-0.4, -0.2) is 41.1 Å². The first kappa shape index (κ1) is 18.4. The third-order valence-electron chi connectivity index (χ3n) is 5.61. The number of amides is 1. The summed E-state index contributed by atoms with van der Waals surface area (Å²) in [7, 11) is 0. The summed E-state index contributed by atoms with van der Waals surface area (Å²) in [4.78, 5) is 14.8. The van der Waals surface area contributed by atoms with E-state index in [1.165, 1.54) is 11.1 Å². The third kappa shape index (κ3) is 5.27. The van der Waals surface area contributed by atoms with Gasteiger partial charge in [0.2, 0.25) is 5.91 Å². The summed E-state index contributed by atoms with van der Waals surface area (Å²) in [6.45, 7) is 3.33. The van der Waals surface area contributed by atoms with Gasteiger partial charge in [-0.1, -0.05) is 30.7 Å². The molecule has 1 heterocycles. The zero-order valence-electron chi connectivity index (χ0n) is 15.0. The number of rotatable bonds is 5. The van der Waals surface area contributed by atoms with Gasteiger partial charge >= 0.3 is 0 Å². The molecule has 2 fully saturated rings. The van der Waals surface area contributed by atoms with Crippen LogP contribution in [0.4, 0.5) is 0 Å². The highest BCUT2D eigenvalue weighted by molar-refractivity contribution is 5.78. The van der Waals surface area contributed by atoms with E-state index in [1.54, 1.807) is 0 Å². The number of nitrogens with two attached hydrogens (primary N) is 1. The Balaban J connectivity index is 1.54. The minimum Gasteiger partial charge on any atom is -0.393 e. The largest absolute Gasteiger partial charge is 0.393 e. The number of hydrogen-bond donors (Lipinski definition) is 3. The average molecular weight is 345 g/mol. The van der Waals surface area contributed by atoms with Gasteiger partial charge in [0.15, 0.2) is 0 Å². The standard InChI is InChI=1S/C20H31N3O2/c21-18-7-3-6-15(12-18)20(25)22-13-16-4-1-2-5-17(16)14-23-10-8-19(24)9-11-23/h1-2,4-5,15,18-19,24H,3,6-14,21H2,(H,22,25). The average Bonchev–Trinajstić information content (AvgIpc) is 2.62. The Bertz CT molecular complexity index is 570. The molecule has 4 N–H and O–H groups in total. The number of nitrogens with one attached hydrogen (secondary N) is 1. The van der Waals surface area contributed by atoms with Gasteiger partial charge in [0.1, 0.15) is 0 Å². The molecule has 1 amide bonds.